The molecule has 0 radical (unpaired) electrons. The summed E-state index contributed by atoms with van der Waals surface area (Å²) in [7, 11) is 0. The standard InChI is InChI=1S/C10H8.C4H2N2/c1-2-6-10-8-4-3-7-9(10)5-1;5-3-1-2-4-6/h1-8H;1-2H. The summed E-state index contributed by atoms with van der Waals surface area (Å²) in [5.41, 5.74) is 0. The molecule has 0 fully saturated rings. The van der Waals surface area contributed by atoms with Crippen molar-refractivity contribution in [1.82, 2.24) is 0 Å². The fraction of sp³-hybridized carbons (Fsp3) is 0. The van der Waals surface area contributed by atoms with Crippen LogP contribution in [0.5, 0.6) is 0 Å². The Bertz CT molecular complexity index is 475. The molecule has 0 heterocycles. The van der Waals surface area contributed by atoms with E-state index in [2.05, 4.69) is 48.5 Å². The summed E-state index contributed by atoms with van der Waals surface area (Å²) >= 11 is 0. The van der Waals surface area contributed by atoms with Crippen LogP contribution in [0.15, 0.2) is 60.7 Å². The number of benzene rings is 2. The smallest absolute Gasteiger partial charge is 0.0919 e. The van der Waals surface area contributed by atoms with Crippen molar-refractivity contribution in [2.75, 3.05) is 0 Å². The van der Waals surface area contributed by atoms with E-state index in [1.165, 1.54) is 10.8 Å². The maximum Gasteiger partial charge on any atom is 0.0919 e. The molecule has 2 heteroatoms. The van der Waals surface area contributed by atoms with E-state index in [1.54, 1.807) is 12.1 Å². The molecule has 0 saturated carbocycles. The van der Waals surface area contributed by atoms with Gasteiger partial charge in [0.2, 0.25) is 0 Å². The van der Waals surface area contributed by atoms with Crippen molar-refractivity contribution in [2.24, 2.45) is 0 Å². The van der Waals surface area contributed by atoms with Crippen molar-refractivity contribution in [3.63, 3.8) is 0 Å². The zero-order valence-corrected chi connectivity index (χ0v) is 8.67. The van der Waals surface area contributed by atoms with E-state index in [4.69, 9.17) is 10.5 Å². The molecule has 16 heavy (non-hydrogen) atoms. The SMILES string of the molecule is N#CC=CC#N.c1ccc2ccccc2c1. The van der Waals surface area contributed by atoms with Gasteiger partial charge in [-0.3, -0.25) is 0 Å². The fourth-order valence-electron chi connectivity index (χ4n) is 1.21. The van der Waals surface area contributed by atoms with E-state index >= 15 is 0 Å². The van der Waals surface area contributed by atoms with Crippen molar-refractivity contribution < 1.29 is 0 Å². The average molecular weight is 206 g/mol. The van der Waals surface area contributed by atoms with Gasteiger partial charge in [0.1, 0.15) is 0 Å². The lowest BCUT2D eigenvalue weighted by molar-refractivity contribution is 1.52. The Hall–Kier alpha value is -2.58. The normalized spacial score (nSPS) is 8.88. The zero-order chi connectivity index (χ0) is 11.6. The maximum atomic E-state index is 7.71. The summed E-state index contributed by atoms with van der Waals surface area (Å²) in [6, 6.07) is 20.0. The molecule has 2 aromatic rings. The van der Waals surface area contributed by atoms with Gasteiger partial charge in [-0.1, -0.05) is 48.5 Å². The largest absolute Gasteiger partial charge is 0.193 e. The molecule has 2 rings (SSSR count). The molecule has 0 aliphatic heterocycles. The van der Waals surface area contributed by atoms with Crippen LogP contribution in [0, 0.1) is 22.7 Å². The van der Waals surface area contributed by atoms with E-state index in [-0.39, 0.29) is 0 Å². The van der Waals surface area contributed by atoms with Crippen LogP contribution in [-0.2, 0) is 0 Å². The van der Waals surface area contributed by atoms with Crippen LogP contribution in [-0.4, -0.2) is 0 Å². The van der Waals surface area contributed by atoms with Crippen LogP contribution >= 0.6 is 0 Å². The van der Waals surface area contributed by atoms with Gasteiger partial charge in [0.15, 0.2) is 0 Å². The molecule has 0 N–H and O–H groups in total. The van der Waals surface area contributed by atoms with Crippen molar-refractivity contribution in [3.05, 3.63) is 60.7 Å². The lowest BCUT2D eigenvalue weighted by atomic mass is 10.1. The predicted molar refractivity (Wildman–Crippen MR) is 64.3 cm³/mol. The van der Waals surface area contributed by atoms with Crippen LogP contribution in [0.4, 0.5) is 0 Å². The van der Waals surface area contributed by atoms with E-state index in [0.717, 1.165) is 12.2 Å². The first-order valence-corrected chi connectivity index (χ1v) is 4.76. The molecule has 0 saturated heterocycles. The number of rotatable bonds is 0. The van der Waals surface area contributed by atoms with Crippen molar-refractivity contribution in [1.29, 1.82) is 10.5 Å². The second kappa shape index (κ2) is 6.81. The van der Waals surface area contributed by atoms with Gasteiger partial charge in [0, 0.05) is 12.2 Å². The summed E-state index contributed by atoms with van der Waals surface area (Å²) in [5.74, 6) is 0. The minimum atomic E-state index is 1.12. The second-order valence-electron chi connectivity index (χ2n) is 2.94. The zero-order valence-electron chi connectivity index (χ0n) is 8.67. The van der Waals surface area contributed by atoms with E-state index < -0.39 is 0 Å². The molecule has 2 aromatic carbocycles. The van der Waals surface area contributed by atoms with Gasteiger partial charge in [-0.05, 0) is 10.8 Å². The molecule has 0 atom stereocenters. The first kappa shape index (κ1) is 11.5. The van der Waals surface area contributed by atoms with Crippen molar-refractivity contribution in [2.45, 2.75) is 0 Å². The third-order valence-corrected chi connectivity index (χ3v) is 1.89. The third kappa shape index (κ3) is 3.65. The molecular weight excluding hydrogens is 196 g/mol. The van der Waals surface area contributed by atoms with E-state index in [1.807, 2.05) is 0 Å². The van der Waals surface area contributed by atoms with E-state index in [0.29, 0.717) is 0 Å². The summed E-state index contributed by atoms with van der Waals surface area (Å²) in [6.45, 7) is 0. The Kier molecular flexibility index (Phi) is 4.89. The molecule has 0 aromatic heterocycles. The number of hydrogen-bond acceptors (Lipinski definition) is 2. The Morgan fingerprint density at radius 2 is 1.00 bits per heavy atom. The molecule has 76 valence electrons. The third-order valence-electron chi connectivity index (χ3n) is 1.89. The van der Waals surface area contributed by atoms with Crippen LogP contribution < -0.4 is 0 Å². The van der Waals surface area contributed by atoms with Crippen LogP contribution in [0.3, 0.4) is 0 Å². The lowest BCUT2D eigenvalue weighted by Gasteiger charge is -1.92. The quantitative estimate of drug-likeness (QED) is 0.620. The average Bonchev–Trinajstić information content (AvgIpc) is 2.37. The molecule has 0 bridgehead atoms. The molecular formula is C14H10N2. The Balaban J connectivity index is 0.000000187. The first-order chi connectivity index (χ1) is 7.88. The van der Waals surface area contributed by atoms with Gasteiger partial charge in [-0.25, -0.2) is 0 Å². The van der Waals surface area contributed by atoms with Gasteiger partial charge in [0.25, 0.3) is 0 Å². The number of nitrogens with zero attached hydrogens (tertiary/aromatic N) is 2. The molecule has 2 nitrogen and oxygen atoms in total. The molecule has 0 aliphatic rings. The Morgan fingerprint density at radius 3 is 1.25 bits per heavy atom. The van der Waals surface area contributed by atoms with Crippen molar-refractivity contribution >= 4 is 10.8 Å². The molecule has 0 unspecified atom stereocenters. The highest BCUT2D eigenvalue weighted by Crippen LogP contribution is 2.11. The highest BCUT2D eigenvalue weighted by atomic mass is 14.2. The predicted octanol–water partition coefficient (Wildman–Crippen LogP) is 3.43. The van der Waals surface area contributed by atoms with Crippen LogP contribution in [0.25, 0.3) is 10.8 Å². The van der Waals surface area contributed by atoms with E-state index in [9.17, 15) is 0 Å². The summed E-state index contributed by atoms with van der Waals surface area (Å²) < 4.78 is 0. The number of allylic oxidation sites excluding steroid dienone is 2. The van der Waals surface area contributed by atoms with Gasteiger partial charge in [-0.15, -0.1) is 0 Å². The minimum absolute atomic E-state index is 1.12. The van der Waals surface area contributed by atoms with Gasteiger partial charge >= 0.3 is 0 Å². The topological polar surface area (TPSA) is 47.6 Å². The summed E-state index contributed by atoms with van der Waals surface area (Å²) in [5, 5.41) is 18.0. The van der Waals surface area contributed by atoms with Gasteiger partial charge in [-0.2, -0.15) is 10.5 Å². The highest BCUT2D eigenvalue weighted by Gasteiger charge is 1.85. The summed E-state index contributed by atoms with van der Waals surface area (Å²) in [6.07, 6.45) is 2.25. The molecule has 0 aliphatic carbocycles. The second-order valence-corrected chi connectivity index (χ2v) is 2.94. The van der Waals surface area contributed by atoms with Crippen LogP contribution in [0.1, 0.15) is 0 Å². The Morgan fingerprint density at radius 1 is 0.688 bits per heavy atom. The molecule has 0 amide bonds. The number of nitriles is 2. The highest BCUT2D eigenvalue weighted by molar-refractivity contribution is 5.81. The van der Waals surface area contributed by atoms with Crippen LogP contribution in [0.2, 0.25) is 0 Å². The fourth-order valence-corrected chi connectivity index (χ4v) is 1.21. The van der Waals surface area contributed by atoms with Gasteiger partial charge in [0.05, 0.1) is 12.1 Å². The number of hydrogen-bond donors (Lipinski definition) is 0. The van der Waals surface area contributed by atoms with Crippen molar-refractivity contribution in [3.8, 4) is 12.1 Å². The number of fused-ring (bicyclic) bond motifs is 1. The Labute approximate surface area is 94.7 Å². The summed E-state index contributed by atoms with van der Waals surface area (Å²) in [4.78, 5) is 0. The lowest BCUT2D eigenvalue weighted by Crippen LogP contribution is -1.67. The minimum Gasteiger partial charge on any atom is -0.193 e. The molecule has 0 spiro atoms. The maximum absolute atomic E-state index is 7.71. The van der Waals surface area contributed by atoms with Gasteiger partial charge < -0.3 is 0 Å². The monoisotopic (exact) mass is 206 g/mol. The first-order valence-electron chi connectivity index (χ1n) is 4.76.